The zero-order valence-corrected chi connectivity index (χ0v) is 12.0. The summed E-state index contributed by atoms with van der Waals surface area (Å²) in [6, 6.07) is 8.00. The van der Waals surface area contributed by atoms with E-state index >= 15 is 0 Å². The Bertz CT molecular complexity index is 619. The lowest BCUT2D eigenvalue weighted by molar-refractivity contribution is -0.137. The molecule has 1 aromatic carbocycles. The van der Waals surface area contributed by atoms with Gasteiger partial charge < -0.3 is 5.11 Å². The summed E-state index contributed by atoms with van der Waals surface area (Å²) < 4.78 is 26.4. The number of nitrogens with zero attached hydrogens (tertiary/aromatic N) is 3. The van der Waals surface area contributed by atoms with Gasteiger partial charge in [-0.1, -0.05) is 0 Å². The second kappa shape index (κ2) is 6.36. The van der Waals surface area contributed by atoms with Gasteiger partial charge in [-0.05, 0) is 24.3 Å². The third-order valence-electron chi connectivity index (χ3n) is 2.74. The number of carboxylic acid groups (broad SMARTS) is 1. The number of carbonyl (C=O) groups is 1. The zero-order chi connectivity index (χ0) is 15.3. The Kier molecular flexibility index (Phi) is 5.07. The van der Waals surface area contributed by atoms with E-state index in [1.165, 1.54) is 38.4 Å². The molecule has 0 saturated heterocycles. The fourth-order valence-corrected chi connectivity index (χ4v) is 2.58. The smallest absolute Gasteiger partial charge is 0.304 e. The molecule has 0 aliphatic heterocycles. The van der Waals surface area contributed by atoms with Gasteiger partial charge in [0.25, 0.3) is 0 Å². The van der Waals surface area contributed by atoms with E-state index in [2.05, 4.69) is 0 Å². The lowest BCUT2D eigenvalue weighted by Crippen LogP contribution is -2.40. The Morgan fingerprint density at radius 1 is 1.30 bits per heavy atom. The third kappa shape index (κ3) is 3.69. The maximum absolute atomic E-state index is 12.2. The predicted molar refractivity (Wildman–Crippen MR) is 73.4 cm³/mol. The van der Waals surface area contributed by atoms with Gasteiger partial charge in [-0.25, -0.2) is 0 Å². The number of hydrogen-bond donors (Lipinski definition) is 1. The third-order valence-corrected chi connectivity index (χ3v) is 4.61. The first-order valence-electron chi connectivity index (χ1n) is 5.71. The van der Waals surface area contributed by atoms with Crippen LogP contribution in [0, 0.1) is 11.3 Å². The molecule has 108 valence electrons. The standard InChI is InChI=1S/C12H15N3O4S/c1-14(8-7-12(16)17)20(18,19)15(2)11-5-3-10(9-13)4-6-11/h3-6H,7-8H2,1-2H3,(H,16,17). The molecule has 0 unspecified atom stereocenters. The Labute approximate surface area is 117 Å². The van der Waals surface area contributed by atoms with E-state index in [-0.39, 0.29) is 13.0 Å². The highest BCUT2D eigenvalue weighted by Gasteiger charge is 2.24. The van der Waals surface area contributed by atoms with Gasteiger partial charge in [0.15, 0.2) is 0 Å². The summed E-state index contributed by atoms with van der Waals surface area (Å²) in [6.07, 6.45) is -0.267. The first-order chi connectivity index (χ1) is 9.28. The van der Waals surface area contributed by atoms with Gasteiger partial charge in [0.1, 0.15) is 0 Å². The molecule has 8 heteroatoms. The van der Waals surface area contributed by atoms with Crippen LogP contribution in [-0.2, 0) is 15.0 Å². The fraction of sp³-hybridized carbons (Fsp3) is 0.333. The minimum Gasteiger partial charge on any atom is -0.481 e. The Morgan fingerprint density at radius 3 is 2.30 bits per heavy atom. The first-order valence-corrected chi connectivity index (χ1v) is 7.11. The van der Waals surface area contributed by atoms with Gasteiger partial charge in [0.2, 0.25) is 0 Å². The van der Waals surface area contributed by atoms with Gasteiger partial charge in [-0.3, -0.25) is 9.10 Å². The van der Waals surface area contributed by atoms with Crippen LogP contribution in [-0.4, -0.2) is 44.4 Å². The molecule has 1 rings (SSSR count). The normalized spacial score (nSPS) is 11.1. The second-order valence-corrected chi connectivity index (χ2v) is 6.17. The number of nitriles is 1. The van der Waals surface area contributed by atoms with E-state index in [1.807, 2.05) is 6.07 Å². The molecule has 0 aliphatic rings. The molecule has 0 radical (unpaired) electrons. The molecule has 7 nitrogen and oxygen atoms in total. The van der Waals surface area contributed by atoms with Gasteiger partial charge in [0.05, 0.1) is 23.7 Å². The number of aliphatic carboxylic acids is 1. The van der Waals surface area contributed by atoms with Gasteiger partial charge in [-0.15, -0.1) is 0 Å². The van der Waals surface area contributed by atoms with Crippen LogP contribution in [0.4, 0.5) is 5.69 Å². The molecule has 0 amide bonds. The van der Waals surface area contributed by atoms with Crippen molar-refractivity contribution in [3.05, 3.63) is 29.8 Å². The molecule has 1 N–H and O–H groups in total. The molecular weight excluding hydrogens is 282 g/mol. The van der Waals surface area contributed by atoms with Crippen LogP contribution >= 0.6 is 0 Å². The van der Waals surface area contributed by atoms with Crippen molar-refractivity contribution in [2.24, 2.45) is 0 Å². The Morgan fingerprint density at radius 2 is 1.85 bits per heavy atom. The van der Waals surface area contributed by atoms with E-state index in [0.717, 1.165) is 8.61 Å². The number of rotatable bonds is 6. The summed E-state index contributed by atoms with van der Waals surface area (Å²) in [7, 11) is -1.10. The molecule has 0 aromatic heterocycles. The number of carboxylic acids is 1. The van der Waals surface area contributed by atoms with Crippen molar-refractivity contribution < 1.29 is 18.3 Å². The molecule has 0 spiro atoms. The molecule has 0 heterocycles. The SMILES string of the molecule is CN(CCC(=O)O)S(=O)(=O)N(C)c1ccc(C#N)cc1. The minimum absolute atomic E-state index is 0.113. The average Bonchev–Trinajstić information content (AvgIpc) is 2.43. The monoisotopic (exact) mass is 297 g/mol. The highest BCUT2D eigenvalue weighted by molar-refractivity contribution is 7.90. The van der Waals surface area contributed by atoms with E-state index < -0.39 is 16.2 Å². The molecule has 0 aliphatic carbocycles. The first kappa shape index (κ1) is 15.9. The van der Waals surface area contributed by atoms with Crippen molar-refractivity contribution in [2.75, 3.05) is 24.9 Å². The van der Waals surface area contributed by atoms with Crippen LogP contribution in [0.15, 0.2) is 24.3 Å². The van der Waals surface area contributed by atoms with Crippen LogP contribution in [0.25, 0.3) is 0 Å². The van der Waals surface area contributed by atoms with E-state index in [9.17, 15) is 13.2 Å². The summed E-state index contributed by atoms with van der Waals surface area (Å²) in [5.41, 5.74) is 0.824. The topological polar surface area (TPSA) is 102 Å². The molecule has 20 heavy (non-hydrogen) atoms. The lowest BCUT2D eigenvalue weighted by Gasteiger charge is -2.25. The summed E-state index contributed by atoms with van der Waals surface area (Å²) in [5.74, 6) is -1.06. The number of hydrogen-bond acceptors (Lipinski definition) is 4. The van der Waals surface area contributed by atoms with E-state index in [0.29, 0.717) is 11.3 Å². The van der Waals surface area contributed by atoms with E-state index in [1.54, 1.807) is 0 Å². The van der Waals surface area contributed by atoms with Crippen LogP contribution in [0.3, 0.4) is 0 Å². The molecule has 1 aromatic rings. The van der Waals surface area contributed by atoms with Gasteiger partial charge >= 0.3 is 16.2 Å². The summed E-state index contributed by atoms with van der Waals surface area (Å²) in [6.45, 7) is -0.113. The maximum Gasteiger partial charge on any atom is 0.304 e. The minimum atomic E-state index is -3.79. The molecular formula is C12H15N3O4S. The van der Waals surface area contributed by atoms with Crippen molar-refractivity contribution in [2.45, 2.75) is 6.42 Å². The fourth-order valence-electron chi connectivity index (χ4n) is 1.46. The number of benzene rings is 1. The Hall–Kier alpha value is -2.11. The van der Waals surface area contributed by atoms with Crippen LogP contribution < -0.4 is 4.31 Å². The molecule has 0 bridgehead atoms. The van der Waals surface area contributed by atoms with Gasteiger partial charge in [0, 0.05) is 20.6 Å². The summed E-state index contributed by atoms with van der Waals surface area (Å²) in [5, 5.41) is 17.3. The highest BCUT2D eigenvalue weighted by atomic mass is 32.2. The maximum atomic E-state index is 12.2. The molecule has 0 atom stereocenters. The highest BCUT2D eigenvalue weighted by Crippen LogP contribution is 2.18. The Balaban J connectivity index is 2.90. The molecule has 0 saturated carbocycles. The van der Waals surface area contributed by atoms with Crippen LogP contribution in [0.2, 0.25) is 0 Å². The zero-order valence-electron chi connectivity index (χ0n) is 11.1. The van der Waals surface area contributed by atoms with Crippen LogP contribution in [0.1, 0.15) is 12.0 Å². The van der Waals surface area contributed by atoms with E-state index in [4.69, 9.17) is 10.4 Å². The predicted octanol–water partition coefficient (Wildman–Crippen LogP) is 0.646. The lowest BCUT2D eigenvalue weighted by atomic mass is 10.2. The van der Waals surface area contributed by atoms with Crippen molar-refractivity contribution in [1.82, 2.24) is 4.31 Å². The van der Waals surface area contributed by atoms with Crippen molar-refractivity contribution in [3.8, 4) is 6.07 Å². The van der Waals surface area contributed by atoms with Crippen LogP contribution in [0.5, 0.6) is 0 Å². The van der Waals surface area contributed by atoms with Crippen molar-refractivity contribution in [1.29, 1.82) is 5.26 Å². The quantitative estimate of drug-likeness (QED) is 0.830. The van der Waals surface area contributed by atoms with Gasteiger partial charge in [-0.2, -0.15) is 18.0 Å². The summed E-state index contributed by atoms with van der Waals surface area (Å²) in [4.78, 5) is 10.5. The average molecular weight is 297 g/mol. The largest absolute Gasteiger partial charge is 0.481 e. The van der Waals surface area contributed by atoms with Crippen molar-refractivity contribution in [3.63, 3.8) is 0 Å². The second-order valence-electron chi connectivity index (χ2n) is 4.10. The number of anilines is 1. The summed E-state index contributed by atoms with van der Waals surface area (Å²) >= 11 is 0. The van der Waals surface area contributed by atoms with Crippen molar-refractivity contribution >= 4 is 21.9 Å². The molecule has 0 fully saturated rings.